The third-order valence-electron chi connectivity index (χ3n) is 5.56. The number of carbonyl (C=O) groups excluding carboxylic acids is 1. The topological polar surface area (TPSA) is 60.0 Å². The van der Waals surface area contributed by atoms with Gasteiger partial charge in [0.2, 0.25) is 5.75 Å². The van der Waals surface area contributed by atoms with Crippen LogP contribution in [0.2, 0.25) is 0 Å². The van der Waals surface area contributed by atoms with Gasteiger partial charge >= 0.3 is 0 Å². The Morgan fingerprint density at radius 2 is 1.64 bits per heavy atom. The Kier molecular flexibility index (Phi) is 6.98. The molecule has 0 aromatic heterocycles. The Hall–Kier alpha value is -3.74. The molecule has 0 radical (unpaired) electrons. The fourth-order valence-electron chi connectivity index (χ4n) is 3.89. The lowest BCUT2D eigenvalue weighted by Crippen LogP contribution is -2.18. The van der Waals surface area contributed by atoms with Crippen molar-refractivity contribution in [3.8, 4) is 17.2 Å². The molecule has 1 aliphatic heterocycles. The van der Waals surface area contributed by atoms with E-state index in [1.54, 1.807) is 18.2 Å². The van der Waals surface area contributed by atoms with Gasteiger partial charge in [0, 0.05) is 30.0 Å². The summed E-state index contributed by atoms with van der Waals surface area (Å²) in [6.07, 6.45) is 2.16. The van der Waals surface area contributed by atoms with Gasteiger partial charge in [0.15, 0.2) is 11.5 Å². The number of nitrogens with one attached hydrogen (secondary N) is 1. The van der Waals surface area contributed by atoms with Crippen molar-refractivity contribution in [2.45, 2.75) is 19.4 Å². The highest BCUT2D eigenvalue weighted by Gasteiger charge is 2.19. The Morgan fingerprint density at radius 1 is 0.970 bits per heavy atom. The standard InChI is InChI=1S/C26H27FN2O4/c1-31-23-12-19(13-24(32-2)25(23)33-17-18-8-4-3-5-9-18)26(30)28-21-14-20(27)15-22(16-21)29-10-6-7-11-29/h3-5,8-9,12-16H,6-7,10-11,17H2,1-2H3,(H,28,30). The Balaban J connectivity index is 1.55. The number of nitrogens with zero attached hydrogens (tertiary/aromatic N) is 1. The van der Waals surface area contributed by atoms with Gasteiger partial charge in [-0.05, 0) is 48.7 Å². The van der Waals surface area contributed by atoms with Gasteiger partial charge in [-0.2, -0.15) is 0 Å². The van der Waals surface area contributed by atoms with Gasteiger partial charge in [0.05, 0.1) is 14.2 Å². The average Bonchev–Trinajstić information content (AvgIpc) is 3.37. The van der Waals surface area contributed by atoms with Crippen molar-refractivity contribution in [3.05, 3.63) is 77.6 Å². The third kappa shape index (κ3) is 5.37. The van der Waals surface area contributed by atoms with Gasteiger partial charge in [0.25, 0.3) is 5.91 Å². The van der Waals surface area contributed by atoms with E-state index in [1.807, 2.05) is 30.3 Å². The molecule has 1 saturated heterocycles. The number of rotatable bonds is 8. The first-order valence-corrected chi connectivity index (χ1v) is 10.9. The van der Waals surface area contributed by atoms with Gasteiger partial charge in [-0.3, -0.25) is 4.79 Å². The lowest BCUT2D eigenvalue weighted by molar-refractivity contribution is 0.102. The maximum absolute atomic E-state index is 14.2. The first-order chi connectivity index (χ1) is 16.1. The van der Waals surface area contributed by atoms with Crippen LogP contribution in [0.3, 0.4) is 0 Å². The number of amides is 1. The number of hydrogen-bond donors (Lipinski definition) is 1. The van der Waals surface area contributed by atoms with Crippen LogP contribution < -0.4 is 24.4 Å². The Bertz CT molecular complexity index is 1090. The molecule has 0 bridgehead atoms. The molecule has 3 aromatic carbocycles. The van der Waals surface area contributed by atoms with Crippen LogP contribution >= 0.6 is 0 Å². The average molecular weight is 451 g/mol. The molecule has 0 aliphatic carbocycles. The highest BCUT2D eigenvalue weighted by atomic mass is 19.1. The molecule has 7 heteroatoms. The van der Waals surface area contributed by atoms with Crippen LogP contribution in [-0.4, -0.2) is 33.2 Å². The SMILES string of the molecule is COc1cc(C(=O)Nc2cc(F)cc(N3CCCC3)c2)cc(OC)c1OCc1ccccc1. The molecule has 6 nitrogen and oxygen atoms in total. The fourth-order valence-corrected chi connectivity index (χ4v) is 3.89. The van der Waals surface area contributed by atoms with Crippen LogP contribution in [0.5, 0.6) is 17.2 Å². The molecule has 0 atom stereocenters. The fraction of sp³-hybridized carbons (Fsp3) is 0.269. The summed E-state index contributed by atoms with van der Waals surface area (Å²) in [5.41, 5.74) is 2.46. The molecule has 3 aromatic rings. The van der Waals surface area contributed by atoms with Crippen molar-refractivity contribution in [1.29, 1.82) is 0 Å². The first kappa shape index (κ1) is 22.5. The minimum atomic E-state index is -0.404. The maximum atomic E-state index is 14.2. The van der Waals surface area contributed by atoms with Crippen molar-refractivity contribution in [2.24, 2.45) is 0 Å². The first-order valence-electron chi connectivity index (χ1n) is 10.9. The molecular formula is C26H27FN2O4. The van der Waals surface area contributed by atoms with Crippen LogP contribution in [0.15, 0.2) is 60.7 Å². The minimum absolute atomic E-state index is 0.308. The van der Waals surface area contributed by atoms with Crippen molar-refractivity contribution in [2.75, 3.05) is 37.5 Å². The predicted molar refractivity (Wildman–Crippen MR) is 126 cm³/mol. The zero-order valence-electron chi connectivity index (χ0n) is 18.8. The zero-order valence-corrected chi connectivity index (χ0v) is 18.8. The highest BCUT2D eigenvalue weighted by molar-refractivity contribution is 6.05. The van der Waals surface area contributed by atoms with Crippen molar-refractivity contribution in [3.63, 3.8) is 0 Å². The molecule has 0 spiro atoms. The van der Waals surface area contributed by atoms with E-state index in [0.717, 1.165) is 37.2 Å². The highest BCUT2D eigenvalue weighted by Crippen LogP contribution is 2.39. The largest absolute Gasteiger partial charge is 0.493 e. The molecule has 1 fully saturated rings. The quantitative estimate of drug-likeness (QED) is 0.506. The lowest BCUT2D eigenvalue weighted by atomic mass is 10.1. The van der Waals surface area contributed by atoms with Crippen LogP contribution in [0, 0.1) is 5.82 Å². The van der Waals surface area contributed by atoms with E-state index in [-0.39, 0.29) is 0 Å². The number of hydrogen-bond acceptors (Lipinski definition) is 5. The van der Waals surface area contributed by atoms with E-state index in [2.05, 4.69) is 10.2 Å². The van der Waals surface area contributed by atoms with Crippen LogP contribution in [-0.2, 0) is 6.61 Å². The molecular weight excluding hydrogens is 423 g/mol. The van der Waals surface area contributed by atoms with E-state index in [9.17, 15) is 9.18 Å². The summed E-state index contributed by atoms with van der Waals surface area (Å²) in [6.45, 7) is 2.09. The molecule has 1 heterocycles. The Morgan fingerprint density at radius 3 is 2.27 bits per heavy atom. The van der Waals surface area contributed by atoms with Crippen molar-refractivity contribution >= 4 is 17.3 Å². The maximum Gasteiger partial charge on any atom is 0.255 e. The van der Waals surface area contributed by atoms with E-state index >= 15 is 0 Å². The summed E-state index contributed by atoms with van der Waals surface area (Å²) in [5.74, 6) is 0.344. The number of ether oxygens (including phenoxy) is 3. The molecule has 1 aliphatic rings. The van der Waals surface area contributed by atoms with Crippen LogP contribution in [0.4, 0.5) is 15.8 Å². The lowest BCUT2D eigenvalue weighted by Gasteiger charge is -2.19. The second-order valence-corrected chi connectivity index (χ2v) is 7.83. The molecule has 1 amide bonds. The van der Waals surface area contributed by atoms with E-state index in [0.29, 0.717) is 35.1 Å². The van der Waals surface area contributed by atoms with Crippen molar-refractivity contribution in [1.82, 2.24) is 0 Å². The molecule has 4 rings (SSSR count). The van der Waals surface area contributed by atoms with Gasteiger partial charge in [-0.15, -0.1) is 0 Å². The van der Waals surface area contributed by atoms with Gasteiger partial charge in [-0.1, -0.05) is 30.3 Å². The summed E-state index contributed by atoms with van der Waals surface area (Å²) in [4.78, 5) is 15.1. The number of halogens is 1. The summed E-state index contributed by atoms with van der Waals surface area (Å²) < 4.78 is 31.1. The minimum Gasteiger partial charge on any atom is -0.493 e. The molecule has 172 valence electrons. The third-order valence-corrected chi connectivity index (χ3v) is 5.56. The smallest absolute Gasteiger partial charge is 0.255 e. The second-order valence-electron chi connectivity index (χ2n) is 7.83. The summed E-state index contributed by atoms with van der Waals surface area (Å²) in [5, 5.41) is 2.79. The van der Waals surface area contributed by atoms with Gasteiger partial charge < -0.3 is 24.4 Å². The number of methoxy groups -OCH3 is 2. The second kappa shape index (κ2) is 10.3. The normalized spacial score (nSPS) is 13.0. The number of carbonyl (C=O) groups is 1. The summed E-state index contributed by atoms with van der Waals surface area (Å²) >= 11 is 0. The van der Waals surface area contributed by atoms with Crippen LogP contribution in [0.1, 0.15) is 28.8 Å². The number of benzene rings is 3. The molecule has 1 N–H and O–H groups in total. The predicted octanol–water partition coefficient (Wildman–Crippen LogP) is 5.27. The monoisotopic (exact) mass is 450 g/mol. The molecule has 0 saturated carbocycles. The molecule has 33 heavy (non-hydrogen) atoms. The van der Waals surface area contributed by atoms with Gasteiger partial charge in [0.1, 0.15) is 12.4 Å². The van der Waals surface area contributed by atoms with Gasteiger partial charge in [-0.25, -0.2) is 4.39 Å². The van der Waals surface area contributed by atoms with Crippen molar-refractivity contribution < 1.29 is 23.4 Å². The molecule has 0 unspecified atom stereocenters. The number of anilines is 2. The summed E-state index contributed by atoms with van der Waals surface area (Å²) in [6, 6.07) is 17.5. The van der Waals surface area contributed by atoms with E-state index in [4.69, 9.17) is 14.2 Å². The van der Waals surface area contributed by atoms with E-state index < -0.39 is 11.7 Å². The Labute approximate surface area is 192 Å². The zero-order chi connectivity index (χ0) is 23.2. The van der Waals surface area contributed by atoms with Crippen LogP contribution in [0.25, 0.3) is 0 Å². The summed E-state index contributed by atoms with van der Waals surface area (Å²) in [7, 11) is 3.00. The van der Waals surface area contributed by atoms with E-state index in [1.165, 1.54) is 26.4 Å².